The van der Waals surface area contributed by atoms with Gasteiger partial charge in [-0.25, -0.2) is 0 Å². The van der Waals surface area contributed by atoms with Crippen molar-refractivity contribution in [3.05, 3.63) is 96.0 Å². The molecule has 0 N–H and O–H groups in total. The summed E-state index contributed by atoms with van der Waals surface area (Å²) >= 11 is 6.38. The summed E-state index contributed by atoms with van der Waals surface area (Å²) in [4.78, 5) is 13.6. The second-order valence-electron chi connectivity index (χ2n) is 7.46. The van der Waals surface area contributed by atoms with E-state index in [1.54, 1.807) is 0 Å². The van der Waals surface area contributed by atoms with Gasteiger partial charge in [-0.3, -0.25) is 9.36 Å². The number of nitrogens with zero attached hydrogens (tertiary/aromatic N) is 1. The highest BCUT2D eigenvalue weighted by Gasteiger charge is 2.24. The fourth-order valence-electron chi connectivity index (χ4n) is 3.90. The van der Waals surface area contributed by atoms with E-state index >= 15 is 0 Å². The van der Waals surface area contributed by atoms with E-state index < -0.39 is 0 Å². The Balaban J connectivity index is 2.08. The van der Waals surface area contributed by atoms with Crippen LogP contribution >= 0.6 is 11.6 Å². The van der Waals surface area contributed by atoms with Gasteiger partial charge in [-0.05, 0) is 42.2 Å². The Morgan fingerprint density at radius 1 is 0.933 bits per heavy atom. The normalized spacial score (nSPS) is 11.0. The van der Waals surface area contributed by atoms with Crippen molar-refractivity contribution in [2.75, 3.05) is 0 Å². The largest absolute Gasteiger partial charge is 0.275 e. The van der Waals surface area contributed by atoms with Crippen molar-refractivity contribution in [3.63, 3.8) is 0 Å². The summed E-state index contributed by atoms with van der Waals surface area (Å²) in [7, 11) is 0. The summed E-state index contributed by atoms with van der Waals surface area (Å²) in [6.07, 6.45) is 2.66. The Kier molecular flexibility index (Phi) is 5.87. The van der Waals surface area contributed by atoms with Crippen LogP contribution in [0.15, 0.2) is 91.0 Å². The highest BCUT2D eigenvalue weighted by atomic mass is 35.5. The van der Waals surface area contributed by atoms with Crippen molar-refractivity contribution in [3.8, 4) is 22.4 Å². The van der Waals surface area contributed by atoms with Crippen molar-refractivity contribution >= 4 is 28.4 Å². The summed E-state index contributed by atoms with van der Waals surface area (Å²) in [5.74, 6) is -0.0585. The minimum atomic E-state index is -0.0585. The summed E-state index contributed by atoms with van der Waals surface area (Å²) in [5.41, 5.74) is 5.40. The van der Waals surface area contributed by atoms with Crippen LogP contribution in [-0.2, 0) is 0 Å². The van der Waals surface area contributed by atoms with E-state index in [9.17, 15) is 4.79 Å². The minimum Gasteiger partial charge on any atom is -0.275 e. The first-order chi connectivity index (χ1) is 14.6. The highest BCUT2D eigenvalue weighted by Crippen LogP contribution is 2.42. The smallest absolute Gasteiger partial charge is 0.258 e. The maximum atomic E-state index is 13.6. The molecule has 1 heterocycles. The summed E-state index contributed by atoms with van der Waals surface area (Å²) in [6, 6.07) is 25.9. The maximum Gasteiger partial charge on any atom is 0.258 e. The molecule has 0 atom stereocenters. The van der Waals surface area contributed by atoms with Gasteiger partial charge in [0, 0.05) is 21.5 Å². The zero-order valence-corrected chi connectivity index (χ0v) is 17.8. The van der Waals surface area contributed by atoms with Gasteiger partial charge in [-0.1, -0.05) is 92.2 Å². The number of hydrogen-bond donors (Lipinski definition) is 0. The van der Waals surface area contributed by atoms with E-state index in [-0.39, 0.29) is 5.91 Å². The topological polar surface area (TPSA) is 22.0 Å². The third-order valence-electron chi connectivity index (χ3n) is 5.38. The molecule has 4 aromatic rings. The van der Waals surface area contributed by atoms with Crippen LogP contribution in [0.5, 0.6) is 0 Å². The number of rotatable bonds is 6. The van der Waals surface area contributed by atoms with E-state index in [0.717, 1.165) is 46.1 Å². The Hall–Kier alpha value is -3.10. The lowest BCUT2D eigenvalue weighted by Crippen LogP contribution is -2.14. The van der Waals surface area contributed by atoms with Crippen LogP contribution in [0.25, 0.3) is 33.3 Å². The SMILES string of the molecule is C=C(CCCC)C(=O)n1c(-c2ccccc2)c(-c2ccccc2)c2cc(Cl)ccc21. The Morgan fingerprint density at radius 2 is 1.57 bits per heavy atom. The molecule has 150 valence electrons. The summed E-state index contributed by atoms with van der Waals surface area (Å²) in [5, 5.41) is 1.61. The Morgan fingerprint density at radius 3 is 2.20 bits per heavy atom. The van der Waals surface area contributed by atoms with Crippen LogP contribution < -0.4 is 0 Å². The molecule has 3 heteroatoms. The molecule has 4 rings (SSSR count). The standard InChI is InChI=1S/C27H24ClNO/c1-3-4-11-19(2)27(30)29-24-17-16-22(28)18-23(24)25(20-12-7-5-8-13-20)26(29)21-14-9-6-10-15-21/h5-10,12-18H,2-4,11H2,1H3. The first kappa shape index (κ1) is 20.2. The molecule has 0 aliphatic heterocycles. The molecular weight excluding hydrogens is 390 g/mol. The van der Waals surface area contributed by atoms with Crippen LogP contribution in [0, 0.1) is 0 Å². The van der Waals surface area contributed by atoms with Gasteiger partial charge >= 0.3 is 0 Å². The van der Waals surface area contributed by atoms with Crippen LogP contribution in [-0.4, -0.2) is 10.5 Å². The van der Waals surface area contributed by atoms with Crippen molar-refractivity contribution in [1.82, 2.24) is 4.57 Å². The zero-order chi connectivity index (χ0) is 21.1. The van der Waals surface area contributed by atoms with E-state index in [0.29, 0.717) is 17.0 Å². The third-order valence-corrected chi connectivity index (χ3v) is 5.61. The molecule has 0 bridgehead atoms. The van der Waals surface area contributed by atoms with Crippen LogP contribution in [0.1, 0.15) is 31.0 Å². The average molecular weight is 414 g/mol. The highest BCUT2D eigenvalue weighted by molar-refractivity contribution is 6.31. The van der Waals surface area contributed by atoms with E-state index in [4.69, 9.17) is 11.6 Å². The molecule has 30 heavy (non-hydrogen) atoms. The number of hydrogen-bond acceptors (Lipinski definition) is 1. The molecule has 0 unspecified atom stereocenters. The maximum absolute atomic E-state index is 13.6. The molecule has 2 nitrogen and oxygen atoms in total. The summed E-state index contributed by atoms with van der Waals surface area (Å²) < 4.78 is 1.82. The molecular formula is C27H24ClNO. The van der Waals surface area contributed by atoms with Crippen molar-refractivity contribution in [2.24, 2.45) is 0 Å². The lowest BCUT2D eigenvalue weighted by atomic mass is 9.98. The molecule has 0 saturated heterocycles. The van der Waals surface area contributed by atoms with Gasteiger partial charge in [0.1, 0.15) is 0 Å². The van der Waals surface area contributed by atoms with E-state index in [2.05, 4.69) is 25.6 Å². The number of halogens is 1. The molecule has 0 spiro atoms. The number of allylic oxidation sites excluding steroid dienone is 1. The number of aromatic nitrogens is 1. The van der Waals surface area contributed by atoms with Gasteiger partial charge < -0.3 is 0 Å². The second kappa shape index (κ2) is 8.73. The minimum absolute atomic E-state index is 0.0585. The summed E-state index contributed by atoms with van der Waals surface area (Å²) in [6.45, 7) is 6.23. The van der Waals surface area contributed by atoms with Crippen molar-refractivity contribution in [2.45, 2.75) is 26.2 Å². The monoisotopic (exact) mass is 413 g/mol. The number of carbonyl (C=O) groups excluding carboxylic acids is 1. The quantitative estimate of drug-likeness (QED) is 0.293. The molecule has 0 aliphatic rings. The molecule has 1 aromatic heterocycles. The van der Waals surface area contributed by atoms with Crippen LogP contribution in [0.4, 0.5) is 0 Å². The molecule has 0 aliphatic carbocycles. The lowest BCUT2D eigenvalue weighted by Gasteiger charge is -2.13. The first-order valence-electron chi connectivity index (χ1n) is 10.3. The van der Waals surface area contributed by atoms with Crippen LogP contribution in [0.3, 0.4) is 0 Å². The Labute approximate surface area is 182 Å². The van der Waals surface area contributed by atoms with Gasteiger partial charge in [0.15, 0.2) is 0 Å². The van der Waals surface area contributed by atoms with Gasteiger partial charge in [-0.2, -0.15) is 0 Å². The van der Waals surface area contributed by atoms with E-state index in [1.165, 1.54) is 0 Å². The molecule has 0 amide bonds. The fourth-order valence-corrected chi connectivity index (χ4v) is 4.07. The molecule has 0 fully saturated rings. The molecule has 0 radical (unpaired) electrons. The predicted molar refractivity (Wildman–Crippen MR) is 127 cm³/mol. The van der Waals surface area contributed by atoms with Crippen molar-refractivity contribution < 1.29 is 4.79 Å². The second-order valence-corrected chi connectivity index (χ2v) is 7.90. The molecule has 0 saturated carbocycles. The van der Waals surface area contributed by atoms with Gasteiger partial charge in [0.05, 0.1) is 11.2 Å². The van der Waals surface area contributed by atoms with Gasteiger partial charge in [-0.15, -0.1) is 0 Å². The Bertz CT molecular complexity index is 1210. The van der Waals surface area contributed by atoms with Crippen LogP contribution in [0.2, 0.25) is 5.02 Å². The zero-order valence-electron chi connectivity index (χ0n) is 17.1. The average Bonchev–Trinajstić information content (AvgIpc) is 3.12. The van der Waals surface area contributed by atoms with Crippen molar-refractivity contribution in [1.29, 1.82) is 0 Å². The number of fused-ring (bicyclic) bond motifs is 1. The van der Waals surface area contributed by atoms with Gasteiger partial charge in [0.2, 0.25) is 0 Å². The first-order valence-corrected chi connectivity index (χ1v) is 10.7. The third kappa shape index (κ3) is 3.71. The number of unbranched alkanes of at least 4 members (excludes halogenated alkanes) is 1. The van der Waals surface area contributed by atoms with E-state index in [1.807, 2.05) is 71.3 Å². The lowest BCUT2D eigenvalue weighted by molar-refractivity contribution is 0.0958. The molecule has 3 aromatic carbocycles. The fraction of sp³-hybridized carbons (Fsp3) is 0.148. The predicted octanol–water partition coefficient (Wildman–Crippen LogP) is 8.02. The number of benzene rings is 3. The van der Waals surface area contributed by atoms with Gasteiger partial charge in [0.25, 0.3) is 5.91 Å². The number of carbonyl (C=O) groups is 1.